The number of nitrogens with one attached hydrogen (secondary N) is 3. The summed E-state index contributed by atoms with van der Waals surface area (Å²) in [6.45, 7) is 3.84. The molecule has 2 aromatic rings. The van der Waals surface area contributed by atoms with Gasteiger partial charge in [-0.3, -0.25) is 9.89 Å². The van der Waals surface area contributed by atoms with Gasteiger partial charge in [-0.25, -0.2) is 0 Å². The van der Waals surface area contributed by atoms with Crippen molar-refractivity contribution in [2.24, 2.45) is 11.8 Å². The zero-order valence-corrected chi connectivity index (χ0v) is 14.4. The number of benzene rings is 1. The molecule has 1 aromatic carbocycles. The van der Waals surface area contributed by atoms with Crippen molar-refractivity contribution in [2.45, 2.75) is 32.4 Å². The highest BCUT2D eigenvalue weighted by atomic mass is 35.5. The number of carbonyl (C=O) groups excluding carboxylic acids is 1. The van der Waals surface area contributed by atoms with Gasteiger partial charge in [0.15, 0.2) is 5.69 Å². The molecule has 3 unspecified atom stereocenters. The molecule has 3 atom stereocenters. The topological polar surface area (TPSA) is 69.8 Å². The first-order valence-electron chi connectivity index (χ1n) is 8.46. The second kappa shape index (κ2) is 6.22. The van der Waals surface area contributed by atoms with Crippen molar-refractivity contribution < 1.29 is 4.79 Å². The Morgan fingerprint density at radius 2 is 2.12 bits per heavy atom. The largest absolute Gasteiger partial charge is 0.344 e. The molecule has 2 heterocycles. The van der Waals surface area contributed by atoms with Crippen LogP contribution in [0, 0.1) is 11.8 Å². The van der Waals surface area contributed by atoms with Crippen LogP contribution < -0.4 is 10.6 Å². The molecule has 0 radical (unpaired) electrons. The van der Waals surface area contributed by atoms with Crippen molar-refractivity contribution in [1.29, 1.82) is 0 Å². The minimum Gasteiger partial charge on any atom is -0.344 e. The first-order chi connectivity index (χ1) is 11.6. The van der Waals surface area contributed by atoms with Crippen LogP contribution in [0.2, 0.25) is 5.02 Å². The maximum Gasteiger partial charge on any atom is 0.272 e. The number of nitrogens with zero attached hydrogens (tertiary/aromatic N) is 1. The van der Waals surface area contributed by atoms with Gasteiger partial charge in [0, 0.05) is 35.8 Å². The van der Waals surface area contributed by atoms with Gasteiger partial charge < -0.3 is 10.6 Å². The van der Waals surface area contributed by atoms with E-state index in [1.807, 2.05) is 24.3 Å². The lowest BCUT2D eigenvalue weighted by molar-refractivity contribution is 0.0924. The fourth-order valence-corrected chi connectivity index (χ4v) is 3.67. The van der Waals surface area contributed by atoms with Crippen molar-refractivity contribution >= 4 is 17.5 Å². The van der Waals surface area contributed by atoms with Crippen molar-refractivity contribution in [2.75, 3.05) is 6.54 Å². The van der Waals surface area contributed by atoms with Crippen LogP contribution in [-0.2, 0) is 13.0 Å². The molecule has 1 amide bonds. The number of rotatable bonds is 4. The van der Waals surface area contributed by atoms with E-state index in [1.54, 1.807) is 0 Å². The van der Waals surface area contributed by atoms with Crippen molar-refractivity contribution in [3.8, 4) is 0 Å². The van der Waals surface area contributed by atoms with Crippen molar-refractivity contribution in [3.63, 3.8) is 0 Å². The zero-order chi connectivity index (χ0) is 16.7. The van der Waals surface area contributed by atoms with Crippen LogP contribution in [-0.4, -0.2) is 22.6 Å². The number of H-pyrrole nitrogens is 1. The van der Waals surface area contributed by atoms with Gasteiger partial charge in [0.25, 0.3) is 5.91 Å². The van der Waals surface area contributed by atoms with E-state index < -0.39 is 0 Å². The normalized spacial score (nSPS) is 23.4. The maximum absolute atomic E-state index is 12.8. The molecule has 24 heavy (non-hydrogen) atoms. The summed E-state index contributed by atoms with van der Waals surface area (Å²) in [5.74, 6) is 0.999. The Morgan fingerprint density at radius 1 is 1.38 bits per heavy atom. The molecule has 4 rings (SSSR count). The predicted molar refractivity (Wildman–Crippen MR) is 92.9 cm³/mol. The van der Waals surface area contributed by atoms with E-state index >= 15 is 0 Å². The molecule has 0 saturated heterocycles. The Morgan fingerprint density at radius 3 is 2.83 bits per heavy atom. The van der Waals surface area contributed by atoms with Crippen LogP contribution in [0.15, 0.2) is 24.3 Å². The summed E-state index contributed by atoms with van der Waals surface area (Å²) in [4.78, 5) is 12.8. The van der Waals surface area contributed by atoms with Crippen LogP contribution in [0.4, 0.5) is 0 Å². The molecular formula is C18H21ClN4O. The lowest BCUT2D eigenvalue weighted by atomic mass is 10.00. The molecule has 1 aromatic heterocycles. The quantitative estimate of drug-likeness (QED) is 0.798. The number of carbonyl (C=O) groups is 1. The molecule has 0 spiro atoms. The van der Waals surface area contributed by atoms with Crippen molar-refractivity contribution in [3.05, 3.63) is 51.8 Å². The molecular weight excluding hydrogens is 324 g/mol. The summed E-state index contributed by atoms with van der Waals surface area (Å²) in [7, 11) is 0. The highest BCUT2D eigenvalue weighted by Crippen LogP contribution is 2.47. The van der Waals surface area contributed by atoms with Gasteiger partial charge in [-0.2, -0.15) is 5.10 Å². The fraction of sp³-hybridized carbons (Fsp3) is 0.444. The fourth-order valence-electron chi connectivity index (χ4n) is 3.55. The smallest absolute Gasteiger partial charge is 0.272 e. The number of aromatic nitrogens is 2. The Balaban J connectivity index is 1.57. The minimum absolute atomic E-state index is 0.00802. The van der Waals surface area contributed by atoms with Crippen LogP contribution in [0.1, 0.15) is 46.7 Å². The van der Waals surface area contributed by atoms with Crippen LogP contribution in [0.25, 0.3) is 0 Å². The third kappa shape index (κ3) is 2.94. The first-order valence-corrected chi connectivity index (χ1v) is 8.84. The summed E-state index contributed by atoms with van der Waals surface area (Å²) in [5, 5.41) is 14.5. The molecule has 126 valence electrons. The lowest BCUT2D eigenvalue weighted by Crippen LogP contribution is -2.32. The summed E-state index contributed by atoms with van der Waals surface area (Å²) >= 11 is 6.00. The minimum atomic E-state index is -0.102. The van der Waals surface area contributed by atoms with E-state index in [1.165, 1.54) is 0 Å². The zero-order valence-electron chi connectivity index (χ0n) is 13.6. The monoisotopic (exact) mass is 344 g/mol. The average molecular weight is 345 g/mol. The Kier molecular flexibility index (Phi) is 4.06. The number of aromatic amines is 1. The second-order valence-corrected chi connectivity index (χ2v) is 7.27. The SMILES string of the molecule is CC1CC1C(NC(=O)c1n[nH]c2c1CNCC2)c1ccc(Cl)cc1. The van der Waals surface area contributed by atoms with Crippen LogP contribution in [0.3, 0.4) is 0 Å². The van der Waals surface area contributed by atoms with E-state index in [0.29, 0.717) is 29.1 Å². The van der Waals surface area contributed by atoms with Gasteiger partial charge in [-0.05, 0) is 36.0 Å². The van der Waals surface area contributed by atoms with Gasteiger partial charge >= 0.3 is 0 Å². The molecule has 0 bridgehead atoms. The number of halogens is 1. The van der Waals surface area contributed by atoms with Crippen LogP contribution >= 0.6 is 11.6 Å². The summed E-state index contributed by atoms with van der Waals surface area (Å²) in [6, 6.07) is 7.76. The molecule has 5 nitrogen and oxygen atoms in total. The Labute approximate surface area is 146 Å². The highest BCUT2D eigenvalue weighted by Gasteiger charge is 2.41. The third-order valence-electron chi connectivity index (χ3n) is 5.14. The lowest BCUT2D eigenvalue weighted by Gasteiger charge is -2.20. The number of fused-ring (bicyclic) bond motifs is 1. The van der Waals surface area contributed by atoms with Gasteiger partial charge in [0.05, 0.1) is 6.04 Å². The molecule has 1 fully saturated rings. The molecule has 6 heteroatoms. The summed E-state index contributed by atoms with van der Waals surface area (Å²) in [5.41, 5.74) is 3.69. The van der Waals surface area contributed by atoms with Crippen LogP contribution in [0.5, 0.6) is 0 Å². The first kappa shape index (κ1) is 15.7. The molecule has 2 aliphatic rings. The average Bonchev–Trinajstić information content (AvgIpc) is 3.15. The Bertz CT molecular complexity index is 755. The van der Waals surface area contributed by atoms with Crippen molar-refractivity contribution in [1.82, 2.24) is 20.8 Å². The maximum atomic E-state index is 12.8. The second-order valence-electron chi connectivity index (χ2n) is 6.84. The summed E-state index contributed by atoms with van der Waals surface area (Å²) < 4.78 is 0. The molecule has 1 aliphatic heterocycles. The van der Waals surface area contributed by atoms with Gasteiger partial charge in [-0.1, -0.05) is 30.7 Å². The van der Waals surface area contributed by atoms with E-state index in [0.717, 1.165) is 36.2 Å². The van der Waals surface area contributed by atoms with Gasteiger partial charge in [0.2, 0.25) is 0 Å². The number of hydrogen-bond donors (Lipinski definition) is 3. The van der Waals surface area contributed by atoms with Gasteiger partial charge in [0.1, 0.15) is 0 Å². The van der Waals surface area contributed by atoms with E-state index in [9.17, 15) is 4.79 Å². The standard InChI is InChI=1S/C18H21ClN4O/c1-10-8-13(10)16(11-2-4-12(19)5-3-11)21-18(24)17-14-9-20-7-6-15(14)22-23-17/h2-5,10,13,16,20H,6-9H2,1H3,(H,21,24)(H,22,23). The van der Waals surface area contributed by atoms with E-state index in [-0.39, 0.29) is 11.9 Å². The van der Waals surface area contributed by atoms with E-state index in [2.05, 4.69) is 27.8 Å². The summed E-state index contributed by atoms with van der Waals surface area (Å²) in [6.07, 6.45) is 2.02. The third-order valence-corrected chi connectivity index (χ3v) is 5.39. The van der Waals surface area contributed by atoms with Gasteiger partial charge in [-0.15, -0.1) is 0 Å². The van der Waals surface area contributed by atoms with E-state index in [4.69, 9.17) is 11.6 Å². The highest BCUT2D eigenvalue weighted by molar-refractivity contribution is 6.30. The Hall–Kier alpha value is -1.85. The number of hydrogen-bond acceptors (Lipinski definition) is 3. The predicted octanol–water partition coefficient (Wildman–Crippen LogP) is 2.84. The number of amides is 1. The molecule has 1 aliphatic carbocycles. The molecule has 1 saturated carbocycles. The molecule has 3 N–H and O–H groups in total.